The summed E-state index contributed by atoms with van der Waals surface area (Å²) in [6, 6.07) is 4.66. The van der Waals surface area contributed by atoms with Crippen LogP contribution in [0.2, 0.25) is 13.8 Å². The Bertz CT molecular complexity index is 832. The molecule has 1 aromatic carbocycles. The van der Waals surface area contributed by atoms with E-state index in [-0.39, 0.29) is 10.5 Å². The van der Waals surface area contributed by atoms with Crippen molar-refractivity contribution >= 4 is 57.0 Å². The lowest BCUT2D eigenvalue weighted by molar-refractivity contribution is 0.639. The lowest BCUT2D eigenvalue weighted by Crippen LogP contribution is -1.95. The van der Waals surface area contributed by atoms with Crippen LogP contribution >= 0.6 is 46.1 Å². The van der Waals surface area contributed by atoms with Crippen molar-refractivity contribution in [3.8, 4) is 11.4 Å². The van der Waals surface area contributed by atoms with Crippen LogP contribution in [0.5, 0.6) is 0 Å². The number of rotatable bonds is 1. The van der Waals surface area contributed by atoms with Crippen molar-refractivity contribution in [2.75, 3.05) is 0 Å². The van der Waals surface area contributed by atoms with E-state index in [1.165, 1.54) is 17.4 Å². The highest BCUT2D eigenvalue weighted by atomic mass is 35.5. The van der Waals surface area contributed by atoms with Crippen LogP contribution in [0.25, 0.3) is 22.3 Å². The number of nitrogens with zero attached hydrogens (tertiary/aromatic N) is 2. The summed E-state index contributed by atoms with van der Waals surface area (Å²) in [5.74, 6) is -0.110. The molecule has 2 heterocycles. The Morgan fingerprint density at radius 2 is 1.90 bits per heavy atom. The zero-order valence-corrected chi connectivity index (χ0v) is 13.1. The SMILES string of the molecule is Cc1ccc(F)c2c(Cl)nc(-c3cc(Cl)sc3Cl)nc12. The number of benzene rings is 1. The molecule has 0 atom stereocenters. The standard InChI is InChI=1S/C13H6Cl3FN2S/c1-5-2-3-7(17)9-10(5)18-13(19-11(9)15)6-4-8(14)20-12(6)16/h2-4H,1H3. The summed E-state index contributed by atoms with van der Waals surface area (Å²) in [5, 5.41) is 0.275. The van der Waals surface area contributed by atoms with Crippen LogP contribution < -0.4 is 0 Å². The van der Waals surface area contributed by atoms with Gasteiger partial charge in [-0.25, -0.2) is 14.4 Å². The second-order valence-electron chi connectivity index (χ2n) is 4.16. The maximum absolute atomic E-state index is 13.8. The molecule has 0 radical (unpaired) electrons. The van der Waals surface area contributed by atoms with Gasteiger partial charge in [-0.05, 0) is 24.6 Å². The molecule has 0 aliphatic heterocycles. The number of halogens is 4. The van der Waals surface area contributed by atoms with Gasteiger partial charge in [-0.3, -0.25) is 0 Å². The summed E-state index contributed by atoms with van der Waals surface area (Å²) in [4.78, 5) is 8.49. The fourth-order valence-electron chi connectivity index (χ4n) is 1.90. The molecular formula is C13H6Cl3FN2S. The first kappa shape index (κ1) is 14.0. The third kappa shape index (κ3) is 2.27. The van der Waals surface area contributed by atoms with Crippen LogP contribution in [0.3, 0.4) is 0 Å². The topological polar surface area (TPSA) is 25.8 Å². The predicted molar refractivity (Wildman–Crippen MR) is 82.6 cm³/mol. The van der Waals surface area contributed by atoms with Crippen molar-refractivity contribution in [1.29, 1.82) is 0 Å². The summed E-state index contributed by atoms with van der Waals surface area (Å²) in [7, 11) is 0. The maximum Gasteiger partial charge on any atom is 0.163 e. The second-order valence-corrected chi connectivity index (χ2v) is 6.81. The molecule has 3 aromatic rings. The average molecular weight is 348 g/mol. The van der Waals surface area contributed by atoms with Gasteiger partial charge in [0.15, 0.2) is 5.82 Å². The Labute approximate surface area is 133 Å². The van der Waals surface area contributed by atoms with Crippen molar-refractivity contribution in [1.82, 2.24) is 9.97 Å². The number of hydrogen-bond donors (Lipinski definition) is 0. The largest absolute Gasteiger partial charge is 0.227 e. The summed E-state index contributed by atoms with van der Waals surface area (Å²) in [5.41, 5.74) is 1.87. The molecule has 20 heavy (non-hydrogen) atoms. The molecule has 0 spiro atoms. The normalized spacial score (nSPS) is 11.2. The van der Waals surface area contributed by atoms with Crippen LogP contribution in [-0.2, 0) is 0 Å². The predicted octanol–water partition coefficient (Wildman–Crippen LogP) is 5.77. The van der Waals surface area contributed by atoms with Gasteiger partial charge in [-0.2, -0.15) is 0 Å². The average Bonchev–Trinajstić information content (AvgIpc) is 2.72. The number of fused-ring (bicyclic) bond motifs is 1. The van der Waals surface area contributed by atoms with E-state index in [0.717, 1.165) is 5.56 Å². The van der Waals surface area contributed by atoms with Crippen LogP contribution in [0.15, 0.2) is 18.2 Å². The molecule has 0 unspecified atom stereocenters. The summed E-state index contributed by atoms with van der Waals surface area (Å²) in [6.45, 7) is 1.83. The molecule has 7 heteroatoms. The van der Waals surface area contributed by atoms with Gasteiger partial charge < -0.3 is 0 Å². The van der Waals surface area contributed by atoms with Gasteiger partial charge in [0.25, 0.3) is 0 Å². The first-order chi connectivity index (χ1) is 9.47. The molecule has 3 rings (SSSR count). The highest BCUT2D eigenvalue weighted by molar-refractivity contribution is 7.20. The lowest BCUT2D eigenvalue weighted by Gasteiger charge is -2.07. The van der Waals surface area contributed by atoms with Gasteiger partial charge >= 0.3 is 0 Å². The van der Waals surface area contributed by atoms with Crippen molar-refractivity contribution in [3.63, 3.8) is 0 Å². The first-order valence-electron chi connectivity index (χ1n) is 5.55. The molecule has 0 fully saturated rings. The molecule has 0 aliphatic rings. The minimum absolute atomic E-state index is 0.0598. The van der Waals surface area contributed by atoms with Gasteiger partial charge in [-0.15, -0.1) is 11.3 Å². The van der Waals surface area contributed by atoms with Crippen LogP contribution in [0.1, 0.15) is 5.56 Å². The van der Waals surface area contributed by atoms with E-state index in [2.05, 4.69) is 9.97 Å². The van der Waals surface area contributed by atoms with Crippen molar-refractivity contribution in [3.05, 3.63) is 43.4 Å². The smallest absolute Gasteiger partial charge is 0.163 e. The molecule has 0 saturated carbocycles. The zero-order valence-electron chi connectivity index (χ0n) is 10.0. The van der Waals surface area contributed by atoms with Gasteiger partial charge in [0.05, 0.1) is 20.8 Å². The van der Waals surface area contributed by atoms with Crippen LogP contribution in [-0.4, -0.2) is 9.97 Å². The van der Waals surface area contributed by atoms with Crippen molar-refractivity contribution < 1.29 is 4.39 Å². The van der Waals surface area contributed by atoms with Gasteiger partial charge in [0.2, 0.25) is 0 Å². The van der Waals surface area contributed by atoms with E-state index in [1.54, 1.807) is 12.1 Å². The summed E-state index contributed by atoms with van der Waals surface area (Å²) < 4.78 is 14.8. The fourth-order valence-corrected chi connectivity index (χ4v) is 3.62. The lowest BCUT2D eigenvalue weighted by atomic mass is 10.1. The van der Waals surface area contributed by atoms with Crippen LogP contribution in [0.4, 0.5) is 4.39 Å². The van der Waals surface area contributed by atoms with E-state index >= 15 is 0 Å². The van der Waals surface area contributed by atoms with Crippen LogP contribution in [0, 0.1) is 12.7 Å². The molecule has 0 aliphatic carbocycles. The van der Waals surface area contributed by atoms with E-state index in [4.69, 9.17) is 34.8 Å². The highest BCUT2D eigenvalue weighted by Crippen LogP contribution is 2.38. The van der Waals surface area contributed by atoms with E-state index < -0.39 is 5.82 Å². The molecule has 102 valence electrons. The van der Waals surface area contributed by atoms with Gasteiger partial charge in [-0.1, -0.05) is 40.9 Å². The highest BCUT2D eigenvalue weighted by Gasteiger charge is 2.16. The minimum atomic E-state index is -0.448. The Hall–Kier alpha value is -0.940. The summed E-state index contributed by atoms with van der Waals surface area (Å²) in [6.07, 6.45) is 0. The van der Waals surface area contributed by atoms with E-state index in [9.17, 15) is 4.39 Å². The van der Waals surface area contributed by atoms with Crippen molar-refractivity contribution in [2.24, 2.45) is 0 Å². The Balaban J connectivity index is 2.35. The van der Waals surface area contributed by atoms with E-state index in [1.807, 2.05) is 6.92 Å². The van der Waals surface area contributed by atoms with Crippen molar-refractivity contribution in [2.45, 2.75) is 6.92 Å². The number of hydrogen-bond acceptors (Lipinski definition) is 3. The zero-order chi connectivity index (χ0) is 14.4. The third-order valence-corrected chi connectivity index (χ3v) is 4.62. The monoisotopic (exact) mass is 346 g/mol. The molecule has 0 amide bonds. The number of thiophene rings is 1. The molecular weight excluding hydrogens is 342 g/mol. The third-order valence-electron chi connectivity index (χ3n) is 2.85. The summed E-state index contributed by atoms with van der Waals surface area (Å²) >= 11 is 19.3. The first-order valence-corrected chi connectivity index (χ1v) is 7.50. The Kier molecular flexibility index (Phi) is 3.58. The number of aryl methyl sites for hydroxylation is 1. The Morgan fingerprint density at radius 3 is 2.55 bits per heavy atom. The molecule has 0 saturated heterocycles. The molecule has 2 nitrogen and oxygen atoms in total. The minimum Gasteiger partial charge on any atom is -0.227 e. The number of aromatic nitrogens is 2. The second kappa shape index (κ2) is 5.11. The van der Waals surface area contributed by atoms with Gasteiger partial charge in [0, 0.05) is 0 Å². The fraction of sp³-hybridized carbons (Fsp3) is 0.0769. The van der Waals surface area contributed by atoms with Gasteiger partial charge in [0.1, 0.15) is 15.3 Å². The molecule has 0 bridgehead atoms. The molecule has 0 N–H and O–H groups in total. The quantitative estimate of drug-likeness (QED) is 0.522. The van der Waals surface area contributed by atoms with E-state index in [0.29, 0.717) is 25.6 Å². The molecule has 2 aromatic heterocycles. The maximum atomic E-state index is 13.8. The Morgan fingerprint density at radius 1 is 1.15 bits per heavy atom.